The van der Waals surface area contributed by atoms with E-state index < -0.39 is 5.69 Å². The van der Waals surface area contributed by atoms with Crippen LogP contribution >= 0.6 is 0 Å². The van der Waals surface area contributed by atoms with Crippen molar-refractivity contribution in [2.75, 3.05) is 31.1 Å². The molecule has 4 heterocycles. The van der Waals surface area contributed by atoms with Gasteiger partial charge in [-0.3, -0.25) is 14.4 Å². The molecule has 1 unspecified atom stereocenters. The molecular formula is C28H31N7O3. The number of aryl methyl sites for hydroxylation is 1. The van der Waals surface area contributed by atoms with Crippen LogP contribution in [0.25, 0.3) is 16.9 Å². The lowest BCUT2D eigenvalue weighted by Gasteiger charge is -2.31. The smallest absolute Gasteiger partial charge is 0.337 e. The summed E-state index contributed by atoms with van der Waals surface area (Å²) < 4.78 is 10.6. The first-order valence-corrected chi connectivity index (χ1v) is 13.1. The van der Waals surface area contributed by atoms with Crippen LogP contribution in [0.1, 0.15) is 25.3 Å². The maximum Gasteiger partial charge on any atom is 0.337 e. The number of anilines is 1. The van der Waals surface area contributed by atoms with Gasteiger partial charge >= 0.3 is 5.69 Å². The second-order valence-corrected chi connectivity index (χ2v) is 9.69. The van der Waals surface area contributed by atoms with E-state index in [1.54, 1.807) is 0 Å². The number of para-hydroxylation sites is 2. The van der Waals surface area contributed by atoms with Gasteiger partial charge in [-0.25, -0.2) is 9.36 Å². The lowest BCUT2D eigenvalue weighted by molar-refractivity contribution is 0.331. The standard InChI is InChI=1S/C28H31N7O3/c1-2-33-24-25(31-27(33)32-15-8-9-19(29)17-32)35(20-10-4-3-5-11-20)28(37)34(26(24)36)18-22-21-12-6-7-13-23(21)38-16-14-30-22/h3-7,10-13,19H,2,8-9,14-18,29H2,1H3. The number of imidazole rings is 1. The summed E-state index contributed by atoms with van der Waals surface area (Å²) >= 11 is 0. The van der Waals surface area contributed by atoms with E-state index >= 15 is 0 Å². The predicted octanol–water partition coefficient (Wildman–Crippen LogP) is 2.18. The number of nitrogens with two attached hydrogens (primary N) is 1. The second kappa shape index (κ2) is 9.94. The Balaban J connectivity index is 1.60. The number of rotatable bonds is 5. The van der Waals surface area contributed by atoms with Crippen LogP contribution in [0.5, 0.6) is 5.75 Å². The zero-order valence-electron chi connectivity index (χ0n) is 21.4. The lowest BCUT2D eigenvalue weighted by atomic mass is 10.1. The average molecular weight is 514 g/mol. The van der Waals surface area contributed by atoms with Crippen molar-refractivity contribution in [2.24, 2.45) is 10.7 Å². The predicted molar refractivity (Wildman–Crippen MR) is 148 cm³/mol. The lowest BCUT2D eigenvalue weighted by Crippen LogP contribution is -2.44. The molecule has 10 nitrogen and oxygen atoms in total. The topological polar surface area (TPSA) is 113 Å². The molecule has 38 heavy (non-hydrogen) atoms. The van der Waals surface area contributed by atoms with E-state index in [9.17, 15) is 9.59 Å². The van der Waals surface area contributed by atoms with E-state index in [-0.39, 0.29) is 18.1 Å². The summed E-state index contributed by atoms with van der Waals surface area (Å²) in [6.07, 6.45) is 1.91. The molecule has 10 heteroatoms. The van der Waals surface area contributed by atoms with Crippen LogP contribution in [0.2, 0.25) is 0 Å². The average Bonchev–Trinajstić information content (AvgIpc) is 3.20. The van der Waals surface area contributed by atoms with Crippen LogP contribution in [0, 0.1) is 0 Å². The number of aromatic nitrogens is 4. The fraction of sp³-hybridized carbons (Fsp3) is 0.357. The van der Waals surface area contributed by atoms with E-state index in [0.717, 1.165) is 24.9 Å². The molecular weight excluding hydrogens is 482 g/mol. The van der Waals surface area contributed by atoms with Crippen LogP contribution in [0.3, 0.4) is 0 Å². The third kappa shape index (κ3) is 4.10. The normalized spacial score (nSPS) is 17.6. The minimum absolute atomic E-state index is 0.0274. The zero-order valence-corrected chi connectivity index (χ0v) is 21.4. The van der Waals surface area contributed by atoms with Gasteiger partial charge < -0.3 is 19.9 Å². The van der Waals surface area contributed by atoms with Crippen LogP contribution in [-0.2, 0) is 13.1 Å². The van der Waals surface area contributed by atoms with E-state index in [2.05, 4.69) is 4.90 Å². The molecule has 6 rings (SSSR count). The summed E-state index contributed by atoms with van der Waals surface area (Å²) in [7, 11) is 0. The Labute approximate surface area is 219 Å². The Bertz CT molecular complexity index is 1630. The first kappa shape index (κ1) is 24.2. The van der Waals surface area contributed by atoms with Gasteiger partial charge in [-0.15, -0.1) is 0 Å². The van der Waals surface area contributed by atoms with Gasteiger partial charge in [0.25, 0.3) is 5.56 Å². The summed E-state index contributed by atoms with van der Waals surface area (Å²) in [5.74, 6) is 1.37. The van der Waals surface area contributed by atoms with Gasteiger partial charge in [0, 0.05) is 31.2 Å². The van der Waals surface area contributed by atoms with Crippen LogP contribution in [-0.4, -0.2) is 56.7 Å². The minimum atomic E-state index is -0.457. The van der Waals surface area contributed by atoms with E-state index in [0.29, 0.717) is 60.5 Å². The molecule has 2 aromatic heterocycles. The molecule has 0 amide bonds. The molecule has 1 saturated heterocycles. The zero-order chi connectivity index (χ0) is 26.2. The fourth-order valence-electron chi connectivity index (χ4n) is 5.44. The minimum Gasteiger partial charge on any atom is -0.491 e. The van der Waals surface area contributed by atoms with Gasteiger partial charge in [-0.1, -0.05) is 30.3 Å². The highest BCUT2D eigenvalue weighted by molar-refractivity contribution is 6.03. The van der Waals surface area contributed by atoms with Crippen molar-refractivity contribution < 1.29 is 4.74 Å². The number of benzene rings is 2. The number of piperidine rings is 1. The molecule has 0 aliphatic carbocycles. The van der Waals surface area contributed by atoms with Crippen LogP contribution < -0.4 is 26.6 Å². The van der Waals surface area contributed by atoms with Crippen molar-refractivity contribution in [3.8, 4) is 11.4 Å². The number of nitrogens with zero attached hydrogens (tertiary/aromatic N) is 6. The van der Waals surface area contributed by atoms with Crippen molar-refractivity contribution in [1.29, 1.82) is 0 Å². The highest BCUT2D eigenvalue weighted by atomic mass is 16.5. The van der Waals surface area contributed by atoms with Gasteiger partial charge in [0.15, 0.2) is 11.2 Å². The largest absolute Gasteiger partial charge is 0.491 e. The first-order chi connectivity index (χ1) is 18.6. The number of aliphatic imine (C=N–C) groups is 1. The number of hydrogen-bond acceptors (Lipinski definition) is 7. The Hall–Kier alpha value is -4.18. The molecule has 0 radical (unpaired) electrons. The van der Waals surface area contributed by atoms with Crippen molar-refractivity contribution in [1.82, 2.24) is 18.7 Å². The van der Waals surface area contributed by atoms with Crippen molar-refractivity contribution in [3.05, 3.63) is 81.0 Å². The van der Waals surface area contributed by atoms with E-state index in [4.69, 9.17) is 20.4 Å². The van der Waals surface area contributed by atoms with Gasteiger partial charge in [-0.05, 0) is 44.0 Å². The Kier molecular flexibility index (Phi) is 6.32. The monoisotopic (exact) mass is 513 g/mol. The van der Waals surface area contributed by atoms with Gasteiger partial charge in [-0.2, -0.15) is 4.98 Å². The summed E-state index contributed by atoms with van der Waals surface area (Å²) in [5.41, 5.74) is 8.25. The third-order valence-electron chi connectivity index (χ3n) is 7.24. The van der Waals surface area contributed by atoms with Gasteiger partial charge in [0.1, 0.15) is 12.4 Å². The molecule has 2 aliphatic rings. The summed E-state index contributed by atoms with van der Waals surface area (Å²) in [6.45, 7) is 4.87. The summed E-state index contributed by atoms with van der Waals surface area (Å²) in [5, 5.41) is 0. The highest BCUT2D eigenvalue weighted by Gasteiger charge is 2.27. The Morgan fingerprint density at radius 1 is 1.05 bits per heavy atom. The molecule has 0 spiro atoms. The molecule has 1 fully saturated rings. The number of hydrogen-bond donors (Lipinski definition) is 1. The fourth-order valence-corrected chi connectivity index (χ4v) is 5.44. The quantitative estimate of drug-likeness (QED) is 0.438. The van der Waals surface area contributed by atoms with Crippen molar-refractivity contribution >= 4 is 22.8 Å². The summed E-state index contributed by atoms with van der Waals surface area (Å²) in [4.78, 5) is 39.9. The molecule has 2 aromatic carbocycles. The van der Waals surface area contributed by atoms with Gasteiger partial charge in [0.2, 0.25) is 5.95 Å². The van der Waals surface area contributed by atoms with Gasteiger partial charge in [0.05, 0.1) is 24.5 Å². The molecule has 0 bridgehead atoms. The Morgan fingerprint density at radius 2 is 1.84 bits per heavy atom. The summed E-state index contributed by atoms with van der Waals surface area (Å²) in [6, 6.07) is 17.0. The van der Waals surface area contributed by atoms with Crippen molar-refractivity contribution in [3.63, 3.8) is 0 Å². The maximum atomic E-state index is 14.1. The molecule has 4 aromatic rings. The Morgan fingerprint density at radius 3 is 2.63 bits per heavy atom. The van der Waals surface area contributed by atoms with Crippen LogP contribution in [0.15, 0.2) is 69.2 Å². The van der Waals surface area contributed by atoms with Crippen LogP contribution in [0.4, 0.5) is 5.95 Å². The SMILES string of the molecule is CCn1c(N2CCCC(N)C2)nc2c1c(=O)n(CC1=NCCOc3ccccc31)c(=O)n2-c1ccccc1. The van der Waals surface area contributed by atoms with Crippen molar-refractivity contribution in [2.45, 2.75) is 38.9 Å². The van der Waals surface area contributed by atoms with E-state index in [1.807, 2.05) is 66.1 Å². The second-order valence-electron chi connectivity index (χ2n) is 9.69. The first-order valence-electron chi connectivity index (χ1n) is 13.1. The third-order valence-corrected chi connectivity index (χ3v) is 7.24. The molecule has 2 N–H and O–H groups in total. The molecule has 2 aliphatic heterocycles. The highest BCUT2D eigenvalue weighted by Crippen LogP contribution is 2.25. The molecule has 196 valence electrons. The van der Waals surface area contributed by atoms with E-state index in [1.165, 1.54) is 9.13 Å². The maximum absolute atomic E-state index is 14.1. The number of ether oxygens (including phenoxy) is 1. The molecule has 0 saturated carbocycles. The number of fused-ring (bicyclic) bond motifs is 2. The molecule has 1 atom stereocenters.